The molecule has 0 amide bonds. The minimum absolute atomic E-state index is 0.0383. The van der Waals surface area contributed by atoms with Crippen LogP contribution in [0, 0.1) is 11.6 Å². The van der Waals surface area contributed by atoms with Crippen LogP contribution in [-0.2, 0) is 6.42 Å². The second-order valence-corrected chi connectivity index (χ2v) is 4.62. The van der Waals surface area contributed by atoms with Crippen LogP contribution in [0.2, 0.25) is 0 Å². The van der Waals surface area contributed by atoms with Crippen LogP contribution in [0.1, 0.15) is 17.4 Å². The van der Waals surface area contributed by atoms with E-state index in [-0.39, 0.29) is 12.0 Å². The SMILES string of the molecule is OC(Cc1cccc(F)c1F)c1cc2ccccc2o1. The Labute approximate surface area is 114 Å². The van der Waals surface area contributed by atoms with Gasteiger partial charge in [0.1, 0.15) is 17.4 Å². The van der Waals surface area contributed by atoms with Crippen molar-refractivity contribution < 1.29 is 18.3 Å². The minimum Gasteiger partial charge on any atom is -0.458 e. The third kappa shape index (κ3) is 2.30. The summed E-state index contributed by atoms with van der Waals surface area (Å²) in [6.07, 6.45) is -1.05. The maximum atomic E-state index is 13.6. The molecule has 0 aliphatic rings. The van der Waals surface area contributed by atoms with E-state index in [2.05, 4.69) is 0 Å². The van der Waals surface area contributed by atoms with Crippen LogP contribution in [-0.4, -0.2) is 5.11 Å². The van der Waals surface area contributed by atoms with Crippen LogP contribution in [0.15, 0.2) is 52.9 Å². The van der Waals surface area contributed by atoms with Gasteiger partial charge in [-0.3, -0.25) is 0 Å². The quantitative estimate of drug-likeness (QED) is 0.783. The molecular formula is C16H12F2O2. The van der Waals surface area contributed by atoms with Crippen LogP contribution < -0.4 is 0 Å². The highest BCUT2D eigenvalue weighted by molar-refractivity contribution is 5.77. The van der Waals surface area contributed by atoms with Crippen LogP contribution in [0.4, 0.5) is 8.78 Å². The fraction of sp³-hybridized carbons (Fsp3) is 0.125. The van der Waals surface area contributed by atoms with Crippen molar-refractivity contribution >= 4 is 11.0 Å². The summed E-state index contributed by atoms with van der Waals surface area (Å²) in [7, 11) is 0. The molecule has 0 saturated heterocycles. The Bertz CT molecular complexity index is 716. The van der Waals surface area contributed by atoms with Gasteiger partial charge in [0.05, 0.1) is 0 Å². The van der Waals surface area contributed by atoms with Gasteiger partial charge in [-0.15, -0.1) is 0 Å². The summed E-state index contributed by atoms with van der Waals surface area (Å²) in [5.74, 6) is -1.50. The van der Waals surface area contributed by atoms with E-state index in [0.29, 0.717) is 11.3 Å². The van der Waals surface area contributed by atoms with Crippen molar-refractivity contribution in [2.45, 2.75) is 12.5 Å². The molecule has 2 aromatic carbocycles. The molecule has 1 N–H and O–H groups in total. The highest BCUT2D eigenvalue weighted by Gasteiger charge is 2.17. The Kier molecular flexibility index (Phi) is 3.24. The molecule has 1 atom stereocenters. The Morgan fingerprint density at radius 2 is 1.85 bits per heavy atom. The molecule has 1 heterocycles. The Hall–Kier alpha value is -2.20. The summed E-state index contributed by atoms with van der Waals surface area (Å²) >= 11 is 0. The molecule has 0 bridgehead atoms. The molecule has 20 heavy (non-hydrogen) atoms. The predicted octanol–water partition coefficient (Wildman–Crippen LogP) is 3.99. The highest BCUT2D eigenvalue weighted by atomic mass is 19.2. The predicted molar refractivity (Wildman–Crippen MR) is 71.2 cm³/mol. The number of hydrogen-bond donors (Lipinski definition) is 1. The number of furan rings is 1. The molecule has 0 fully saturated rings. The standard InChI is InChI=1S/C16H12F2O2/c17-12-6-3-5-11(16(12)18)8-13(19)15-9-10-4-1-2-7-14(10)20-15/h1-7,9,13,19H,8H2. The Morgan fingerprint density at radius 1 is 1.05 bits per heavy atom. The zero-order chi connectivity index (χ0) is 14.1. The van der Waals surface area contributed by atoms with Gasteiger partial charge >= 0.3 is 0 Å². The van der Waals surface area contributed by atoms with Crippen molar-refractivity contribution in [2.75, 3.05) is 0 Å². The van der Waals surface area contributed by atoms with Gasteiger partial charge in [-0.2, -0.15) is 0 Å². The molecule has 3 aromatic rings. The van der Waals surface area contributed by atoms with Gasteiger partial charge in [0, 0.05) is 11.8 Å². The van der Waals surface area contributed by atoms with E-state index < -0.39 is 17.7 Å². The zero-order valence-electron chi connectivity index (χ0n) is 10.5. The first kappa shape index (κ1) is 12.8. The molecule has 0 aliphatic heterocycles. The monoisotopic (exact) mass is 274 g/mol. The van der Waals surface area contributed by atoms with E-state index in [9.17, 15) is 13.9 Å². The number of aliphatic hydroxyl groups is 1. The topological polar surface area (TPSA) is 33.4 Å². The van der Waals surface area contributed by atoms with E-state index >= 15 is 0 Å². The summed E-state index contributed by atoms with van der Waals surface area (Å²) in [5.41, 5.74) is 0.777. The smallest absolute Gasteiger partial charge is 0.162 e. The van der Waals surface area contributed by atoms with Crippen LogP contribution in [0.25, 0.3) is 11.0 Å². The first-order valence-corrected chi connectivity index (χ1v) is 6.24. The molecule has 0 spiro atoms. The van der Waals surface area contributed by atoms with E-state index in [0.717, 1.165) is 11.5 Å². The lowest BCUT2D eigenvalue weighted by Crippen LogP contribution is -2.03. The summed E-state index contributed by atoms with van der Waals surface area (Å²) < 4.78 is 32.2. The highest BCUT2D eigenvalue weighted by Crippen LogP contribution is 2.27. The van der Waals surface area contributed by atoms with Crippen LogP contribution in [0.5, 0.6) is 0 Å². The lowest BCUT2D eigenvalue weighted by Gasteiger charge is -2.08. The molecule has 0 saturated carbocycles. The van der Waals surface area contributed by atoms with Crippen LogP contribution in [0.3, 0.4) is 0 Å². The summed E-state index contributed by atoms with van der Waals surface area (Å²) in [5, 5.41) is 11.0. The lowest BCUT2D eigenvalue weighted by atomic mass is 10.1. The van der Waals surface area contributed by atoms with E-state index in [4.69, 9.17) is 4.42 Å². The van der Waals surface area contributed by atoms with Crippen molar-refractivity contribution in [3.63, 3.8) is 0 Å². The van der Waals surface area contributed by atoms with Crippen molar-refractivity contribution in [1.29, 1.82) is 0 Å². The molecule has 3 rings (SSSR count). The number of fused-ring (bicyclic) bond motifs is 1. The molecule has 4 heteroatoms. The number of para-hydroxylation sites is 1. The Balaban J connectivity index is 1.89. The van der Waals surface area contributed by atoms with Gasteiger partial charge in [0.2, 0.25) is 0 Å². The van der Waals surface area contributed by atoms with E-state index in [1.807, 2.05) is 18.2 Å². The summed E-state index contributed by atoms with van der Waals surface area (Å²) in [6, 6.07) is 13.0. The maximum Gasteiger partial charge on any atom is 0.162 e. The molecule has 102 valence electrons. The summed E-state index contributed by atoms with van der Waals surface area (Å²) in [6.45, 7) is 0. The van der Waals surface area contributed by atoms with Crippen molar-refractivity contribution in [2.24, 2.45) is 0 Å². The number of benzene rings is 2. The van der Waals surface area contributed by atoms with Crippen LogP contribution >= 0.6 is 0 Å². The Morgan fingerprint density at radius 3 is 2.65 bits per heavy atom. The van der Waals surface area contributed by atoms with Gasteiger partial charge in [-0.25, -0.2) is 8.78 Å². The average molecular weight is 274 g/mol. The fourth-order valence-corrected chi connectivity index (χ4v) is 2.18. The van der Waals surface area contributed by atoms with Crippen molar-refractivity contribution in [1.82, 2.24) is 0 Å². The number of hydrogen-bond acceptors (Lipinski definition) is 2. The number of aliphatic hydroxyl groups excluding tert-OH is 1. The molecule has 1 aromatic heterocycles. The van der Waals surface area contributed by atoms with Gasteiger partial charge in [-0.05, 0) is 23.8 Å². The molecule has 2 nitrogen and oxygen atoms in total. The largest absolute Gasteiger partial charge is 0.458 e. The summed E-state index contributed by atoms with van der Waals surface area (Å²) in [4.78, 5) is 0. The lowest BCUT2D eigenvalue weighted by molar-refractivity contribution is 0.151. The zero-order valence-corrected chi connectivity index (χ0v) is 10.5. The van der Waals surface area contributed by atoms with Gasteiger partial charge in [0.25, 0.3) is 0 Å². The average Bonchev–Trinajstić information content (AvgIpc) is 2.88. The third-order valence-electron chi connectivity index (χ3n) is 3.22. The van der Waals surface area contributed by atoms with Crippen molar-refractivity contribution in [3.8, 4) is 0 Å². The van der Waals surface area contributed by atoms with Gasteiger partial charge in [0.15, 0.2) is 11.6 Å². The molecule has 1 unspecified atom stereocenters. The minimum atomic E-state index is -1.02. The second-order valence-electron chi connectivity index (χ2n) is 4.62. The third-order valence-corrected chi connectivity index (χ3v) is 3.22. The van der Waals surface area contributed by atoms with E-state index in [1.165, 1.54) is 12.1 Å². The number of halogens is 2. The number of rotatable bonds is 3. The first-order valence-electron chi connectivity index (χ1n) is 6.24. The maximum absolute atomic E-state index is 13.6. The fourth-order valence-electron chi connectivity index (χ4n) is 2.18. The second kappa shape index (κ2) is 5.06. The normalized spacial score (nSPS) is 12.8. The van der Waals surface area contributed by atoms with E-state index in [1.54, 1.807) is 12.1 Å². The van der Waals surface area contributed by atoms with Gasteiger partial charge < -0.3 is 9.52 Å². The van der Waals surface area contributed by atoms with Crippen molar-refractivity contribution in [3.05, 3.63) is 71.5 Å². The molecule has 0 radical (unpaired) electrons. The molecule has 0 aliphatic carbocycles. The first-order chi connectivity index (χ1) is 9.65. The van der Waals surface area contributed by atoms with Gasteiger partial charge in [-0.1, -0.05) is 30.3 Å². The molecular weight excluding hydrogens is 262 g/mol.